The van der Waals surface area contributed by atoms with Crippen molar-refractivity contribution in [2.45, 2.75) is 57.5 Å². The largest absolute Gasteiger partial charge is 0.470 e. The zero-order valence-corrected chi connectivity index (χ0v) is 20.5. The van der Waals surface area contributed by atoms with Gasteiger partial charge in [0.2, 0.25) is 6.29 Å². The number of aliphatic hydroxyl groups is 1. The summed E-state index contributed by atoms with van der Waals surface area (Å²) in [6.07, 6.45) is 0.180. The molecule has 1 aliphatic heterocycles. The minimum absolute atomic E-state index is 0.244. The van der Waals surface area contributed by atoms with E-state index < -0.39 is 30.7 Å². The highest BCUT2D eigenvalue weighted by Crippen LogP contribution is 2.31. The monoisotopic (exact) mass is 490 g/mol. The van der Waals surface area contributed by atoms with Crippen molar-refractivity contribution in [1.29, 1.82) is 0 Å². The molecule has 0 aromatic heterocycles. The summed E-state index contributed by atoms with van der Waals surface area (Å²) in [6, 6.07) is 29.8. The van der Waals surface area contributed by atoms with Crippen molar-refractivity contribution in [3.63, 3.8) is 0 Å². The van der Waals surface area contributed by atoms with Gasteiger partial charge in [0.15, 0.2) is 0 Å². The molecule has 1 aliphatic rings. The summed E-state index contributed by atoms with van der Waals surface area (Å²) in [7, 11) is 0. The van der Waals surface area contributed by atoms with Gasteiger partial charge in [0, 0.05) is 0 Å². The minimum atomic E-state index is -0.778. The summed E-state index contributed by atoms with van der Waals surface area (Å²) in [6.45, 7) is 2.68. The van der Waals surface area contributed by atoms with Crippen LogP contribution in [0, 0.1) is 0 Å². The van der Waals surface area contributed by atoms with Gasteiger partial charge in [-0.1, -0.05) is 97.1 Å². The van der Waals surface area contributed by atoms with E-state index in [1.54, 1.807) is 12.3 Å². The lowest BCUT2D eigenvalue weighted by Gasteiger charge is -2.45. The summed E-state index contributed by atoms with van der Waals surface area (Å²) in [5, 5.41) is 10.2. The van der Waals surface area contributed by atoms with Crippen molar-refractivity contribution in [3.05, 3.63) is 120 Å². The van der Waals surface area contributed by atoms with Crippen LogP contribution in [0.5, 0.6) is 0 Å². The third kappa shape index (κ3) is 7.26. The van der Waals surface area contributed by atoms with Crippen molar-refractivity contribution < 1.29 is 28.8 Å². The Kier molecular flexibility index (Phi) is 10.1. The summed E-state index contributed by atoms with van der Waals surface area (Å²) in [4.78, 5) is 0. The summed E-state index contributed by atoms with van der Waals surface area (Å²) >= 11 is 0. The van der Waals surface area contributed by atoms with Gasteiger partial charge in [0.05, 0.1) is 32.7 Å². The van der Waals surface area contributed by atoms with Gasteiger partial charge in [0.25, 0.3) is 0 Å². The zero-order valence-electron chi connectivity index (χ0n) is 20.5. The molecule has 1 heterocycles. The fourth-order valence-electron chi connectivity index (χ4n) is 4.16. The molecule has 4 rings (SSSR count). The molecule has 3 aromatic rings. The van der Waals surface area contributed by atoms with Crippen LogP contribution in [0.15, 0.2) is 103 Å². The van der Waals surface area contributed by atoms with E-state index in [1.165, 1.54) is 0 Å². The molecule has 6 heteroatoms. The number of allylic oxidation sites excluding steroid dienone is 1. The van der Waals surface area contributed by atoms with E-state index in [2.05, 4.69) is 0 Å². The molecule has 5 atom stereocenters. The molecule has 0 saturated carbocycles. The molecular weight excluding hydrogens is 456 g/mol. The second-order valence-electron chi connectivity index (χ2n) is 8.61. The van der Waals surface area contributed by atoms with Gasteiger partial charge < -0.3 is 28.8 Å². The van der Waals surface area contributed by atoms with Crippen molar-refractivity contribution in [3.8, 4) is 0 Å². The van der Waals surface area contributed by atoms with E-state index in [-0.39, 0.29) is 6.61 Å². The lowest BCUT2D eigenvalue weighted by Crippen LogP contribution is -2.61. The van der Waals surface area contributed by atoms with E-state index in [4.69, 9.17) is 23.7 Å². The summed E-state index contributed by atoms with van der Waals surface area (Å²) in [5.74, 6) is 0. The Bertz CT molecular complexity index is 1030. The number of ether oxygens (including phenoxy) is 5. The molecule has 0 amide bonds. The summed E-state index contributed by atoms with van der Waals surface area (Å²) < 4.78 is 31.3. The highest BCUT2D eigenvalue weighted by Gasteiger charge is 2.49. The Hall–Kier alpha value is -3.00. The highest BCUT2D eigenvalue weighted by molar-refractivity contribution is 5.15. The van der Waals surface area contributed by atoms with Crippen LogP contribution in [0.1, 0.15) is 23.6 Å². The molecule has 1 fully saturated rings. The SMILES string of the molecule is CC=COC1O[C@H](CO)[C@@H](OCc2ccccc2)[C@H](OCc2ccccc2)[C@H]1OCc1ccccc1. The first-order valence-electron chi connectivity index (χ1n) is 12.3. The number of aliphatic hydroxyl groups excluding tert-OH is 1. The van der Waals surface area contributed by atoms with Gasteiger partial charge in [-0.05, 0) is 23.6 Å². The van der Waals surface area contributed by atoms with Crippen molar-refractivity contribution >= 4 is 0 Å². The van der Waals surface area contributed by atoms with Crippen LogP contribution in [0.3, 0.4) is 0 Å². The van der Waals surface area contributed by atoms with E-state index in [0.717, 1.165) is 16.7 Å². The average molecular weight is 491 g/mol. The molecule has 3 aromatic carbocycles. The molecule has 0 radical (unpaired) electrons. The molecule has 1 saturated heterocycles. The lowest BCUT2D eigenvalue weighted by atomic mass is 9.98. The molecule has 1 N–H and O–H groups in total. The van der Waals surface area contributed by atoms with Gasteiger partial charge in [-0.25, -0.2) is 0 Å². The number of hydrogen-bond donors (Lipinski definition) is 1. The molecule has 1 unspecified atom stereocenters. The van der Waals surface area contributed by atoms with Crippen LogP contribution in [0.25, 0.3) is 0 Å². The van der Waals surface area contributed by atoms with Crippen molar-refractivity contribution in [2.24, 2.45) is 0 Å². The fourth-order valence-corrected chi connectivity index (χ4v) is 4.16. The molecule has 190 valence electrons. The second kappa shape index (κ2) is 13.9. The van der Waals surface area contributed by atoms with Gasteiger partial charge in [0.1, 0.15) is 24.4 Å². The first-order chi connectivity index (χ1) is 17.8. The third-order valence-corrected chi connectivity index (χ3v) is 5.98. The smallest absolute Gasteiger partial charge is 0.228 e. The van der Waals surface area contributed by atoms with E-state index in [9.17, 15) is 5.11 Å². The predicted molar refractivity (Wildman–Crippen MR) is 137 cm³/mol. The number of rotatable bonds is 12. The molecule has 0 spiro atoms. The highest BCUT2D eigenvalue weighted by atomic mass is 16.7. The second-order valence-corrected chi connectivity index (χ2v) is 8.61. The van der Waals surface area contributed by atoms with E-state index >= 15 is 0 Å². The van der Waals surface area contributed by atoms with Gasteiger partial charge >= 0.3 is 0 Å². The fraction of sp³-hybridized carbons (Fsp3) is 0.333. The van der Waals surface area contributed by atoms with E-state index in [0.29, 0.717) is 19.8 Å². The van der Waals surface area contributed by atoms with Crippen molar-refractivity contribution in [2.75, 3.05) is 6.61 Å². The molecular formula is C30H34O6. The molecule has 0 aliphatic carbocycles. The first kappa shape index (κ1) is 26.1. The van der Waals surface area contributed by atoms with Crippen LogP contribution in [-0.2, 0) is 43.5 Å². The average Bonchev–Trinajstić information content (AvgIpc) is 2.94. The third-order valence-electron chi connectivity index (χ3n) is 5.98. The lowest BCUT2D eigenvalue weighted by molar-refractivity contribution is -0.316. The van der Waals surface area contributed by atoms with Crippen LogP contribution >= 0.6 is 0 Å². The Morgan fingerprint density at radius 2 is 1.11 bits per heavy atom. The van der Waals surface area contributed by atoms with Gasteiger partial charge in [-0.2, -0.15) is 0 Å². The maximum absolute atomic E-state index is 10.2. The maximum atomic E-state index is 10.2. The van der Waals surface area contributed by atoms with Gasteiger partial charge in [-0.3, -0.25) is 0 Å². The topological polar surface area (TPSA) is 66.4 Å². The molecule has 0 bridgehead atoms. The minimum Gasteiger partial charge on any atom is -0.470 e. The number of benzene rings is 3. The Labute approximate surface area is 213 Å². The standard InChI is InChI=1S/C30H34O6/c1-2-18-32-30-29(35-22-25-16-10-5-11-17-25)28(34-21-24-14-8-4-9-15-24)27(26(19-31)36-30)33-20-23-12-6-3-7-13-23/h2-18,26-31H,19-22H2,1H3/t26-,27-,28+,29-,30?/m1/s1. The Morgan fingerprint density at radius 3 is 1.56 bits per heavy atom. The van der Waals surface area contributed by atoms with Crippen molar-refractivity contribution in [1.82, 2.24) is 0 Å². The van der Waals surface area contributed by atoms with Crippen LogP contribution in [0.4, 0.5) is 0 Å². The normalized spacial score (nSPS) is 24.1. The number of hydrogen-bond acceptors (Lipinski definition) is 6. The maximum Gasteiger partial charge on any atom is 0.228 e. The quantitative estimate of drug-likeness (QED) is 0.360. The van der Waals surface area contributed by atoms with E-state index in [1.807, 2.05) is 97.9 Å². The Balaban J connectivity index is 1.59. The van der Waals surface area contributed by atoms with Crippen LogP contribution in [-0.4, -0.2) is 42.4 Å². The predicted octanol–water partition coefficient (Wildman–Crippen LogP) is 5.01. The van der Waals surface area contributed by atoms with Gasteiger partial charge in [-0.15, -0.1) is 0 Å². The first-order valence-corrected chi connectivity index (χ1v) is 12.3. The molecule has 6 nitrogen and oxygen atoms in total. The molecule has 36 heavy (non-hydrogen) atoms. The van der Waals surface area contributed by atoms with Crippen LogP contribution in [0.2, 0.25) is 0 Å². The summed E-state index contributed by atoms with van der Waals surface area (Å²) in [5.41, 5.74) is 3.07. The van der Waals surface area contributed by atoms with Crippen LogP contribution < -0.4 is 0 Å². The zero-order chi connectivity index (χ0) is 25.0. The Morgan fingerprint density at radius 1 is 0.667 bits per heavy atom.